The summed E-state index contributed by atoms with van der Waals surface area (Å²) >= 11 is 0. The number of ether oxygens (including phenoxy) is 2. The summed E-state index contributed by atoms with van der Waals surface area (Å²) in [6.45, 7) is 2.02. The van der Waals surface area contributed by atoms with Gasteiger partial charge in [-0.15, -0.1) is 0 Å². The second kappa shape index (κ2) is 8.56. The molecule has 0 aliphatic carbocycles. The topological polar surface area (TPSA) is 76.2 Å². The van der Waals surface area contributed by atoms with Gasteiger partial charge in [-0.05, 0) is 36.8 Å². The molecule has 0 aliphatic rings. The number of carbonyl (C=O) groups excluding carboxylic acids is 1. The van der Waals surface area contributed by atoms with Crippen LogP contribution in [-0.2, 0) is 6.42 Å². The molecular weight excluding hydrogens is 361 g/mol. The summed E-state index contributed by atoms with van der Waals surface area (Å²) in [5.74, 6) is 0.0833. The molecule has 3 rings (SSSR count). The molecule has 2 N–H and O–H groups in total. The lowest BCUT2D eigenvalue weighted by Gasteiger charge is -2.12. The van der Waals surface area contributed by atoms with Gasteiger partial charge in [-0.1, -0.05) is 25.5 Å². The Balaban J connectivity index is 2.07. The van der Waals surface area contributed by atoms with Gasteiger partial charge in [0.2, 0.25) is 0 Å². The van der Waals surface area contributed by atoms with Crippen molar-refractivity contribution < 1.29 is 18.7 Å². The zero-order valence-electron chi connectivity index (χ0n) is 16.0. The maximum atomic E-state index is 14.0. The third-order valence-corrected chi connectivity index (χ3v) is 4.36. The molecule has 28 heavy (non-hydrogen) atoms. The normalized spacial score (nSPS) is 10.6. The summed E-state index contributed by atoms with van der Waals surface area (Å²) < 4.78 is 24.8. The lowest BCUT2D eigenvalue weighted by atomic mass is 10.1. The summed E-state index contributed by atoms with van der Waals surface area (Å²) in [7, 11) is 3.13. The fourth-order valence-electron chi connectivity index (χ4n) is 2.96. The maximum absolute atomic E-state index is 14.0. The van der Waals surface area contributed by atoms with Crippen LogP contribution in [0.1, 0.15) is 29.4 Å². The predicted molar refractivity (Wildman–Crippen MR) is 105 cm³/mol. The Labute approximate surface area is 162 Å². The third kappa shape index (κ3) is 3.83. The summed E-state index contributed by atoms with van der Waals surface area (Å²) in [6.07, 6.45) is 1.52. The van der Waals surface area contributed by atoms with Crippen LogP contribution in [0.25, 0.3) is 11.3 Å². The van der Waals surface area contributed by atoms with Gasteiger partial charge in [0.05, 0.1) is 31.2 Å². The molecule has 0 aliphatic heterocycles. The van der Waals surface area contributed by atoms with Gasteiger partial charge < -0.3 is 14.8 Å². The van der Waals surface area contributed by atoms with E-state index < -0.39 is 11.7 Å². The monoisotopic (exact) mass is 383 g/mol. The number of anilines is 1. The van der Waals surface area contributed by atoms with E-state index in [1.165, 1.54) is 12.1 Å². The van der Waals surface area contributed by atoms with Crippen LogP contribution >= 0.6 is 0 Å². The van der Waals surface area contributed by atoms with Crippen LogP contribution in [0.3, 0.4) is 0 Å². The molecule has 146 valence electrons. The minimum absolute atomic E-state index is 0.0327. The Morgan fingerprint density at radius 2 is 1.96 bits per heavy atom. The molecule has 2 aromatic carbocycles. The van der Waals surface area contributed by atoms with Crippen molar-refractivity contribution in [3.63, 3.8) is 0 Å². The second-order valence-corrected chi connectivity index (χ2v) is 6.18. The average molecular weight is 383 g/mol. The van der Waals surface area contributed by atoms with E-state index in [4.69, 9.17) is 9.47 Å². The van der Waals surface area contributed by atoms with Crippen molar-refractivity contribution in [3.05, 3.63) is 59.5 Å². The van der Waals surface area contributed by atoms with E-state index in [1.807, 2.05) is 6.92 Å². The summed E-state index contributed by atoms with van der Waals surface area (Å²) in [5, 5.41) is 10.2. The number of rotatable bonds is 7. The number of carbonyl (C=O) groups is 1. The lowest BCUT2D eigenvalue weighted by molar-refractivity contribution is 0.102. The van der Waals surface area contributed by atoms with Crippen molar-refractivity contribution in [2.45, 2.75) is 19.8 Å². The first-order valence-corrected chi connectivity index (χ1v) is 8.94. The predicted octanol–water partition coefficient (Wildman–Crippen LogP) is 4.44. The first kappa shape index (κ1) is 19.4. The number of amides is 1. The number of benzene rings is 2. The lowest BCUT2D eigenvalue weighted by Crippen LogP contribution is -2.15. The Hall–Kier alpha value is -3.35. The minimum atomic E-state index is -0.582. The number of hydrogen-bond acceptors (Lipinski definition) is 4. The van der Waals surface area contributed by atoms with Crippen molar-refractivity contribution in [2.24, 2.45) is 0 Å². The highest BCUT2D eigenvalue weighted by molar-refractivity contribution is 6.06. The van der Waals surface area contributed by atoms with E-state index in [9.17, 15) is 9.18 Å². The molecule has 0 saturated carbocycles. The number of hydrogen-bond donors (Lipinski definition) is 2. The molecule has 0 saturated heterocycles. The number of nitrogens with zero attached hydrogens (tertiary/aromatic N) is 1. The van der Waals surface area contributed by atoms with Crippen molar-refractivity contribution in [1.29, 1.82) is 0 Å². The molecule has 0 spiro atoms. The van der Waals surface area contributed by atoms with Crippen molar-refractivity contribution in [2.75, 3.05) is 19.5 Å². The van der Waals surface area contributed by atoms with Gasteiger partial charge in [-0.25, -0.2) is 4.39 Å². The van der Waals surface area contributed by atoms with E-state index in [-0.39, 0.29) is 5.56 Å². The van der Waals surface area contributed by atoms with E-state index in [1.54, 1.807) is 44.6 Å². The van der Waals surface area contributed by atoms with E-state index in [0.29, 0.717) is 34.9 Å². The van der Waals surface area contributed by atoms with Crippen LogP contribution in [0.15, 0.2) is 42.5 Å². The zero-order valence-corrected chi connectivity index (χ0v) is 16.0. The summed E-state index contributed by atoms with van der Waals surface area (Å²) in [5.41, 5.74) is 2.39. The van der Waals surface area contributed by atoms with Crippen molar-refractivity contribution in [1.82, 2.24) is 10.2 Å². The number of aromatic amines is 1. The third-order valence-electron chi connectivity index (χ3n) is 4.36. The van der Waals surface area contributed by atoms with Crippen molar-refractivity contribution in [3.8, 4) is 22.8 Å². The standard InChI is InChI=1S/C21H22FN3O3/c1-4-7-17-20(23-21(26)14-8-5-6-9-16(14)22)19(25-24-17)15-12-13(27-2)10-11-18(15)28-3/h5-6,8-12H,4,7H2,1-3H3,(H,23,26)(H,24,25). The second-order valence-electron chi connectivity index (χ2n) is 6.18. The first-order valence-electron chi connectivity index (χ1n) is 8.94. The van der Waals surface area contributed by atoms with Gasteiger partial charge >= 0.3 is 0 Å². The molecule has 0 bridgehead atoms. The molecule has 0 radical (unpaired) electrons. The Morgan fingerprint density at radius 1 is 1.18 bits per heavy atom. The quantitative estimate of drug-likeness (QED) is 0.632. The molecule has 0 fully saturated rings. The molecule has 0 unspecified atom stereocenters. The molecular formula is C21H22FN3O3. The SMILES string of the molecule is CCCc1[nH]nc(-c2cc(OC)ccc2OC)c1NC(=O)c1ccccc1F. The van der Waals surface area contributed by atoms with Crippen LogP contribution in [0.5, 0.6) is 11.5 Å². The molecule has 1 heterocycles. The van der Waals surface area contributed by atoms with Crippen LogP contribution < -0.4 is 14.8 Å². The summed E-state index contributed by atoms with van der Waals surface area (Å²) in [6, 6.07) is 11.2. The van der Waals surface area contributed by atoms with Gasteiger partial charge in [-0.2, -0.15) is 5.10 Å². The van der Waals surface area contributed by atoms with Gasteiger partial charge in [0.15, 0.2) is 0 Å². The van der Waals surface area contributed by atoms with Gasteiger partial charge in [0.25, 0.3) is 5.91 Å². The Kier molecular flexibility index (Phi) is 5.93. The smallest absolute Gasteiger partial charge is 0.258 e. The number of aromatic nitrogens is 2. The molecule has 7 heteroatoms. The highest BCUT2D eigenvalue weighted by Crippen LogP contribution is 2.38. The van der Waals surface area contributed by atoms with Crippen LogP contribution in [0, 0.1) is 5.82 Å². The molecule has 3 aromatic rings. The van der Waals surface area contributed by atoms with Crippen molar-refractivity contribution >= 4 is 11.6 Å². The Morgan fingerprint density at radius 3 is 2.64 bits per heavy atom. The fourth-order valence-corrected chi connectivity index (χ4v) is 2.96. The molecule has 0 atom stereocenters. The highest BCUT2D eigenvalue weighted by Gasteiger charge is 2.22. The van der Waals surface area contributed by atoms with E-state index in [0.717, 1.165) is 12.1 Å². The average Bonchev–Trinajstić information content (AvgIpc) is 3.10. The minimum Gasteiger partial charge on any atom is -0.497 e. The van der Waals surface area contributed by atoms with Gasteiger partial charge in [0, 0.05) is 5.56 Å². The van der Waals surface area contributed by atoms with Gasteiger partial charge in [0.1, 0.15) is 23.0 Å². The molecule has 1 amide bonds. The first-order chi connectivity index (χ1) is 13.6. The maximum Gasteiger partial charge on any atom is 0.258 e. The number of methoxy groups -OCH3 is 2. The Bertz CT molecular complexity index is 985. The van der Waals surface area contributed by atoms with Gasteiger partial charge in [-0.3, -0.25) is 9.89 Å². The molecule has 6 nitrogen and oxygen atoms in total. The van der Waals surface area contributed by atoms with Crippen LogP contribution in [0.2, 0.25) is 0 Å². The van der Waals surface area contributed by atoms with Crippen LogP contribution in [0.4, 0.5) is 10.1 Å². The highest BCUT2D eigenvalue weighted by atomic mass is 19.1. The fraction of sp³-hybridized carbons (Fsp3) is 0.238. The molecule has 1 aromatic heterocycles. The van der Waals surface area contributed by atoms with E-state index in [2.05, 4.69) is 15.5 Å². The van der Waals surface area contributed by atoms with E-state index >= 15 is 0 Å². The summed E-state index contributed by atoms with van der Waals surface area (Å²) in [4.78, 5) is 12.7. The number of halogens is 1. The zero-order chi connectivity index (χ0) is 20.1. The largest absolute Gasteiger partial charge is 0.497 e. The van der Waals surface area contributed by atoms with Crippen LogP contribution in [-0.4, -0.2) is 30.3 Å². The number of aryl methyl sites for hydroxylation is 1. The number of nitrogens with one attached hydrogen (secondary N) is 2. The number of H-pyrrole nitrogens is 1.